The third kappa shape index (κ3) is 8.29. The molecular formula is C36H37Cl2N3O4S. The molecule has 46 heavy (non-hydrogen) atoms. The van der Waals surface area contributed by atoms with E-state index in [1.54, 1.807) is 24.3 Å². The molecule has 0 saturated heterocycles. The summed E-state index contributed by atoms with van der Waals surface area (Å²) < 4.78 is 29.3. The standard InChI is InChI=1S/C36H37Cl2N3O4S/c1-26-16-18-28(19-17-26)24-40(34(22-27-10-4-2-5-11-27)36(43)39-30-12-8-9-13-30)35(42)25-41(33-23-29(37)20-21-32(33)38)46(44,45)31-14-6-3-7-15-31/h2-7,10-11,14-21,23,30,34H,8-9,12-13,22,24-25H2,1H3,(H,39,43). The summed E-state index contributed by atoms with van der Waals surface area (Å²) in [6.45, 7) is 1.46. The van der Waals surface area contributed by atoms with Crippen molar-refractivity contribution in [2.24, 2.45) is 0 Å². The third-order valence-electron chi connectivity index (χ3n) is 8.23. The van der Waals surface area contributed by atoms with Crippen LogP contribution in [0, 0.1) is 6.92 Å². The number of hydrogen-bond acceptors (Lipinski definition) is 4. The number of carbonyl (C=O) groups excluding carboxylic acids is 2. The Balaban J connectivity index is 1.58. The number of benzene rings is 4. The Morgan fingerprint density at radius 1 is 0.848 bits per heavy atom. The van der Waals surface area contributed by atoms with Crippen LogP contribution in [0.25, 0.3) is 0 Å². The van der Waals surface area contributed by atoms with Crippen LogP contribution in [-0.4, -0.2) is 43.8 Å². The van der Waals surface area contributed by atoms with Crippen LogP contribution in [0.15, 0.2) is 108 Å². The van der Waals surface area contributed by atoms with Crippen molar-refractivity contribution >= 4 is 50.7 Å². The molecule has 10 heteroatoms. The number of amides is 2. The third-order valence-corrected chi connectivity index (χ3v) is 10.6. The summed E-state index contributed by atoms with van der Waals surface area (Å²) in [5, 5.41) is 3.56. The molecule has 1 unspecified atom stereocenters. The smallest absolute Gasteiger partial charge is 0.264 e. The van der Waals surface area contributed by atoms with Gasteiger partial charge in [0.1, 0.15) is 12.6 Å². The van der Waals surface area contributed by atoms with Crippen LogP contribution < -0.4 is 9.62 Å². The predicted octanol–water partition coefficient (Wildman–Crippen LogP) is 7.20. The van der Waals surface area contributed by atoms with Crippen LogP contribution in [0.5, 0.6) is 0 Å². The van der Waals surface area contributed by atoms with Crippen LogP contribution >= 0.6 is 23.2 Å². The average molecular weight is 679 g/mol. The Kier molecular flexibility index (Phi) is 11.0. The zero-order chi connectivity index (χ0) is 32.7. The Hall–Kier alpha value is -3.85. The van der Waals surface area contributed by atoms with Gasteiger partial charge < -0.3 is 10.2 Å². The zero-order valence-corrected chi connectivity index (χ0v) is 27.9. The lowest BCUT2D eigenvalue weighted by molar-refractivity contribution is -0.140. The van der Waals surface area contributed by atoms with Crippen LogP contribution in [0.2, 0.25) is 10.0 Å². The maximum Gasteiger partial charge on any atom is 0.264 e. The molecule has 5 rings (SSSR count). The van der Waals surface area contributed by atoms with Gasteiger partial charge in [0.05, 0.1) is 15.6 Å². The van der Waals surface area contributed by atoms with Gasteiger partial charge in [0.2, 0.25) is 11.8 Å². The number of rotatable bonds is 12. The molecule has 1 fully saturated rings. The van der Waals surface area contributed by atoms with Crippen molar-refractivity contribution in [3.05, 3.63) is 130 Å². The van der Waals surface area contributed by atoms with Gasteiger partial charge in [-0.15, -0.1) is 0 Å². The fourth-order valence-electron chi connectivity index (χ4n) is 5.72. The first kappa shape index (κ1) is 33.5. The zero-order valence-electron chi connectivity index (χ0n) is 25.6. The minimum absolute atomic E-state index is 0.0104. The van der Waals surface area contributed by atoms with E-state index in [0.717, 1.165) is 46.7 Å². The largest absolute Gasteiger partial charge is 0.352 e. The number of halogens is 2. The highest BCUT2D eigenvalue weighted by Crippen LogP contribution is 2.33. The number of anilines is 1. The van der Waals surface area contributed by atoms with Gasteiger partial charge in [-0.1, -0.05) is 114 Å². The molecule has 2 amide bonds. The molecule has 0 aliphatic heterocycles. The van der Waals surface area contributed by atoms with Crippen LogP contribution in [0.3, 0.4) is 0 Å². The van der Waals surface area contributed by atoms with Gasteiger partial charge in [0.15, 0.2) is 0 Å². The molecule has 0 spiro atoms. The highest BCUT2D eigenvalue weighted by Gasteiger charge is 2.36. The number of aryl methyl sites for hydroxylation is 1. The maximum absolute atomic E-state index is 14.6. The van der Waals surface area contributed by atoms with E-state index in [9.17, 15) is 18.0 Å². The van der Waals surface area contributed by atoms with Crippen molar-refractivity contribution in [1.82, 2.24) is 10.2 Å². The number of nitrogens with zero attached hydrogens (tertiary/aromatic N) is 2. The second-order valence-corrected chi connectivity index (χ2v) is 14.3. The first-order valence-electron chi connectivity index (χ1n) is 15.3. The fourth-order valence-corrected chi connectivity index (χ4v) is 7.60. The molecule has 7 nitrogen and oxygen atoms in total. The monoisotopic (exact) mass is 677 g/mol. The Bertz CT molecular complexity index is 1750. The fraction of sp³-hybridized carbons (Fsp3) is 0.278. The molecule has 0 radical (unpaired) electrons. The first-order chi connectivity index (χ1) is 22.1. The van der Waals surface area contributed by atoms with Crippen LogP contribution in [-0.2, 0) is 32.6 Å². The van der Waals surface area contributed by atoms with Gasteiger partial charge in [-0.2, -0.15) is 0 Å². The lowest BCUT2D eigenvalue weighted by atomic mass is 10.0. The lowest BCUT2D eigenvalue weighted by Crippen LogP contribution is -2.54. The molecule has 1 aliphatic rings. The minimum Gasteiger partial charge on any atom is -0.352 e. The highest BCUT2D eigenvalue weighted by molar-refractivity contribution is 7.92. The van der Waals surface area contributed by atoms with Crippen molar-refractivity contribution in [2.45, 2.75) is 62.6 Å². The predicted molar refractivity (Wildman–Crippen MR) is 183 cm³/mol. The van der Waals surface area contributed by atoms with E-state index in [4.69, 9.17) is 23.2 Å². The van der Waals surface area contributed by atoms with E-state index in [2.05, 4.69) is 5.32 Å². The average Bonchev–Trinajstić information content (AvgIpc) is 3.57. The molecule has 0 aromatic heterocycles. The molecule has 0 bridgehead atoms. The molecule has 4 aromatic carbocycles. The van der Waals surface area contributed by atoms with Crippen molar-refractivity contribution in [2.75, 3.05) is 10.8 Å². The van der Waals surface area contributed by atoms with E-state index in [1.807, 2.05) is 61.5 Å². The van der Waals surface area contributed by atoms with E-state index in [-0.39, 0.29) is 45.5 Å². The first-order valence-corrected chi connectivity index (χ1v) is 17.5. The topological polar surface area (TPSA) is 86.8 Å². The minimum atomic E-state index is -4.28. The van der Waals surface area contributed by atoms with Crippen LogP contribution in [0.4, 0.5) is 5.69 Å². The molecule has 1 atom stereocenters. The summed E-state index contributed by atoms with van der Waals surface area (Å²) in [4.78, 5) is 30.2. The Morgan fingerprint density at radius 3 is 2.13 bits per heavy atom. The summed E-state index contributed by atoms with van der Waals surface area (Å²) in [6, 6.07) is 28.7. The van der Waals surface area contributed by atoms with E-state index in [1.165, 1.54) is 29.2 Å². The molecule has 1 saturated carbocycles. The summed E-state index contributed by atoms with van der Waals surface area (Å²) >= 11 is 12.9. The molecule has 4 aromatic rings. The van der Waals surface area contributed by atoms with Crippen molar-refractivity contribution in [3.8, 4) is 0 Å². The molecule has 1 N–H and O–H groups in total. The molecule has 0 heterocycles. The summed E-state index contributed by atoms with van der Waals surface area (Å²) in [5.74, 6) is -0.826. The van der Waals surface area contributed by atoms with Crippen molar-refractivity contribution in [1.29, 1.82) is 0 Å². The Morgan fingerprint density at radius 2 is 1.48 bits per heavy atom. The second-order valence-electron chi connectivity index (χ2n) is 11.6. The lowest BCUT2D eigenvalue weighted by Gasteiger charge is -2.34. The summed E-state index contributed by atoms with van der Waals surface area (Å²) in [5.41, 5.74) is 2.81. The summed E-state index contributed by atoms with van der Waals surface area (Å²) in [6.07, 6.45) is 4.08. The van der Waals surface area contributed by atoms with Gasteiger partial charge in [0.25, 0.3) is 10.0 Å². The van der Waals surface area contributed by atoms with Gasteiger partial charge in [0, 0.05) is 24.0 Å². The van der Waals surface area contributed by atoms with Gasteiger partial charge in [-0.05, 0) is 61.2 Å². The number of hydrogen-bond donors (Lipinski definition) is 1. The van der Waals surface area contributed by atoms with E-state index < -0.39 is 28.5 Å². The highest BCUT2D eigenvalue weighted by atomic mass is 35.5. The molecular weight excluding hydrogens is 641 g/mol. The number of nitrogens with one attached hydrogen (secondary N) is 1. The molecule has 1 aliphatic carbocycles. The normalized spacial score (nSPS) is 14.1. The number of sulfonamides is 1. The van der Waals surface area contributed by atoms with Crippen molar-refractivity contribution in [3.63, 3.8) is 0 Å². The summed E-state index contributed by atoms with van der Waals surface area (Å²) in [7, 11) is -4.28. The van der Waals surface area contributed by atoms with Gasteiger partial charge in [-0.3, -0.25) is 13.9 Å². The Labute approximate surface area is 281 Å². The number of carbonyl (C=O) groups is 2. The van der Waals surface area contributed by atoms with Crippen LogP contribution in [0.1, 0.15) is 42.4 Å². The van der Waals surface area contributed by atoms with Gasteiger partial charge >= 0.3 is 0 Å². The van der Waals surface area contributed by atoms with Gasteiger partial charge in [-0.25, -0.2) is 8.42 Å². The van der Waals surface area contributed by atoms with E-state index in [0.29, 0.717) is 0 Å². The SMILES string of the molecule is Cc1ccc(CN(C(=O)CN(c2cc(Cl)ccc2Cl)S(=O)(=O)c2ccccc2)C(Cc2ccccc2)C(=O)NC2CCCC2)cc1. The quantitative estimate of drug-likeness (QED) is 0.172. The maximum atomic E-state index is 14.6. The molecule has 240 valence electrons. The van der Waals surface area contributed by atoms with Crippen molar-refractivity contribution < 1.29 is 18.0 Å². The van der Waals surface area contributed by atoms with E-state index >= 15 is 0 Å². The second kappa shape index (κ2) is 15.2.